The van der Waals surface area contributed by atoms with Crippen LogP contribution in [0.5, 0.6) is 0 Å². The maximum atomic E-state index is 4.49. The van der Waals surface area contributed by atoms with E-state index < -0.39 is 0 Å². The monoisotopic (exact) mass is 321 g/mol. The molecule has 0 aliphatic heterocycles. The molecule has 3 rings (SSSR count). The molecule has 0 bridgehead atoms. The summed E-state index contributed by atoms with van der Waals surface area (Å²) in [6.07, 6.45) is 5.25. The number of anilines is 1. The van der Waals surface area contributed by atoms with Gasteiger partial charge in [-0.25, -0.2) is 14.5 Å². The molecule has 0 saturated carbocycles. The van der Waals surface area contributed by atoms with Crippen LogP contribution in [0.3, 0.4) is 0 Å². The van der Waals surface area contributed by atoms with E-state index in [2.05, 4.69) is 41.4 Å². The number of aromatic nitrogens is 6. The van der Waals surface area contributed by atoms with Gasteiger partial charge in [-0.15, -0.1) is 0 Å². The molecule has 1 N–H and O–H groups in total. The predicted octanol–water partition coefficient (Wildman–Crippen LogP) is 1.79. The van der Waals surface area contributed by atoms with Crippen molar-refractivity contribution in [2.75, 3.05) is 5.32 Å². The van der Waals surface area contributed by atoms with E-state index in [4.69, 9.17) is 0 Å². The molecule has 1 atom stereocenters. The van der Waals surface area contributed by atoms with Crippen LogP contribution in [0.1, 0.15) is 18.8 Å². The predicted molar refractivity (Wildman–Crippen MR) is 73.7 cm³/mol. The van der Waals surface area contributed by atoms with Gasteiger partial charge in [-0.1, -0.05) is 0 Å². The van der Waals surface area contributed by atoms with E-state index in [1.165, 1.54) is 0 Å². The third-order valence-electron chi connectivity index (χ3n) is 2.70. The van der Waals surface area contributed by atoms with Gasteiger partial charge >= 0.3 is 0 Å². The van der Waals surface area contributed by atoms with Gasteiger partial charge in [0.25, 0.3) is 0 Å². The highest BCUT2D eigenvalue weighted by Gasteiger charge is 2.11. The molecule has 0 fully saturated rings. The smallest absolute Gasteiger partial charge is 0.172 e. The van der Waals surface area contributed by atoms with Crippen LogP contribution in [0.2, 0.25) is 0 Å². The lowest BCUT2D eigenvalue weighted by Gasteiger charge is -2.11. The molecule has 0 aliphatic rings. The molecule has 98 valence electrons. The summed E-state index contributed by atoms with van der Waals surface area (Å²) in [6, 6.07) is 1.85. The van der Waals surface area contributed by atoms with Crippen LogP contribution in [0.25, 0.3) is 5.65 Å². The van der Waals surface area contributed by atoms with Crippen molar-refractivity contribution in [2.45, 2.75) is 13.0 Å². The number of rotatable bonds is 3. The normalized spacial score (nSPS) is 12.8. The molecule has 3 aromatic rings. The Hall–Kier alpha value is -1.96. The third-order valence-corrected chi connectivity index (χ3v) is 3.25. The van der Waals surface area contributed by atoms with Gasteiger partial charge in [0, 0.05) is 13.2 Å². The van der Waals surface area contributed by atoms with E-state index in [1.807, 2.05) is 26.2 Å². The van der Waals surface area contributed by atoms with Crippen LogP contribution in [0.15, 0.2) is 29.3 Å². The zero-order valence-corrected chi connectivity index (χ0v) is 12.0. The fraction of sp³-hybridized carbons (Fsp3) is 0.273. The largest absolute Gasteiger partial charge is 0.360 e. The lowest BCUT2D eigenvalue weighted by Crippen LogP contribution is -2.10. The molecule has 19 heavy (non-hydrogen) atoms. The van der Waals surface area contributed by atoms with Gasteiger partial charge in [0.1, 0.15) is 12.1 Å². The molecule has 8 heteroatoms. The molecule has 0 spiro atoms. The van der Waals surface area contributed by atoms with Gasteiger partial charge in [0.15, 0.2) is 11.5 Å². The fourth-order valence-corrected chi connectivity index (χ4v) is 2.12. The van der Waals surface area contributed by atoms with Crippen molar-refractivity contribution in [2.24, 2.45) is 7.05 Å². The fourth-order valence-electron chi connectivity index (χ4n) is 1.76. The summed E-state index contributed by atoms with van der Waals surface area (Å²) in [5.74, 6) is 1.49. The molecule has 0 saturated heterocycles. The number of halogens is 1. The van der Waals surface area contributed by atoms with Crippen LogP contribution in [-0.4, -0.2) is 29.4 Å². The number of hydrogen-bond donors (Lipinski definition) is 1. The Morgan fingerprint density at radius 1 is 1.42 bits per heavy atom. The second kappa shape index (κ2) is 4.61. The van der Waals surface area contributed by atoms with Crippen LogP contribution >= 0.6 is 15.9 Å². The Morgan fingerprint density at radius 3 is 3.00 bits per heavy atom. The van der Waals surface area contributed by atoms with Crippen molar-refractivity contribution in [1.82, 2.24) is 29.4 Å². The Kier molecular flexibility index (Phi) is 2.94. The van der Waals surface area contributed by atoms with Gasteiger partial charge in [0.05, 0.1) is 16.7 Å². The summed E-state index contributed by atoms with van der Waals surface area (Å²) < 4.78 is 4.25. The van der Waals surface area contributed by atoms with Gasteiger partial charge in [-0.3, -0.25) is 4.68 Å². The average Bonchev–Trinajstić information content (AvgIpc) is 2.97. The topological polar surface area (TPSA) is 72.9 Å². The third kappa shape index (κ3) is 2.30. The maximum absolute atomic E-state index is 4.49. The summed E-state index contributed by atoms with van der Waals surface area (Å²) in [5.41, 5.74) is 0.770. The first-order valence-corrected chi connectivity index (χ1v) is 6.55. The van der Waals surface area contributed by atoms with Gasteiger partial charge < -0.3 is 5.32 Å². The Labute approximate surface area is 117 Å². The summed E-state index contributed by atoms with van der Waals surface area (Å²) in [7, 11) is 1.84. The van der Waals surface area contributed by atoms with E-state index in [-0.39, 0.29) is 6.04 Å². The van der Waals surface area contributed by atoms with Crippen molar-refractivity contribution in [1.29, 1.82) is 0 Å². The summed E-state index contributed by atoms with van der Waals surface area (Å²) in [6.45, 7) is 1.99. The number of nitrogens with zero attached hydrogens (tertiary/aromatic N) is 6. The van der Waals surface area contributed by atoms with Gasteiger partial charge in [-0.05, 0) is 28.9 Å². The van der Waals surface area contributed by atoms with Crippen molar-refractivity contribution >= 4 is 27.4 Å². The van der Waals surface area contributed by atoms with E-state index in [0.29, 0.717) is 0 Å². The molecule has 0 aliphatic carbocycles. The first-order chi connectivity index (χ1) is 9.13. The number of hydrogen-bond acceptors (Lipinski definition) is 5. The van der Waals surface area contributed by atoms with E-state index in [1.54, 1.807) is 21.7 Å². The quantitative estimate of drug-likeness (QED) is 0.796. The minimum absolute atomic E-state index is 0.0159. The van der Waals surface area contributed by atoms with E-state index in [0.717, 1.165) is 21.8 Å². The lowest BCUT2D eigenvalue weighted by atomic mass is 10.3. The number of fused-ring (bicyclic) bond motifs is 1. The van der Waals surface area contributed by atoms with Crippen molar-refractivity contribution in [3.05, 3.63) is 35.1 Å². The SMILES string of the molecule is CC(Nc1ccn2ncc(Br)c2n1)c1ncn(C)n1. The Morgan fingerprint density at radius 2 is 2.26 bits per heavy atom. The number of nitrogens with one attached hydrogen (secondary N) is 1. The molecule has 0 amide bonds. The Bertz CT molecular complexity index is 717. The molecular weight excluding hydrogens is 310 g/mol. The first-order valence-electron chi connectivity index (χ1n) is 5.75. The highest BCUT2D eigenvalue weighted by molar-refractivity contribution is 9.10. The minimum Gasteiger partial charge on any atom is -0.360 e. The van der Waals surface area contributed by atoms with Crippen LogP contribution in [0.4, 0.5) is 5.82 Å². The highest BCUT2D eigenvalue weighted by atomic mass is 79.9. The molecular formula is C11H12BrN7. The van der Waals surface area contributed by atoms with Crippen LogP contribution in [-0.2, 0) is 7.05 Å². The summed E-state index contributed by atoms with van der Waals surface area (Å²) in [4.78, 5) is 8.70. The second-order valence-corrected chi connectivity index (χ2v) is 5.07. The average molecular weight is 322 g/mol. The van der Waals surface area contributed by atoms with Crippen LogP contribution < -0.4 is 5.32 Å². The summed E-state index contributed by atoms with van der Waals surface area (Å²) in [5, 5.41) is 11.7. The number of aryl methyl sites for hydroxylation is 1. The lowest BCUT2D eigenvalue weighted by molar-refractivity contribution is 0.713. The van der Waals surface area contributed by atoms with E-state index in [9.17, 15) is 0 Å². The second-order valence-electron chi connectivity index (χ2n) is 4.22. The van der Waals surface area contributed by atoms with Crippen LogP contribution in [0, 0.1) is 0 Å². The van der Waals surface area contributed by atoms with Crippen molar-refractivity contribution in [3.63, 3.8) is 0 Å². The first kappa shape index (κ1) is 12.1. The van der Waals surface area contributed by atoms with Gasteiger partial charge in [-0.2, -0.15) is 10.2 Å². The zero-order chi connectivity index (χ0) is 13.4. The highest BCUT2D eigenvalue weighted by Crippen LogP contribution is 2.19. The molecule has 1 unspecified atom stereocenters. The van der Waals surface area contributed by atoms with E-state index >= 15 is 0 Å². The Balaban J connectivity index is 1.86. The molecule has 7 nitrogen and oxygen atoms in total. The standard InChI is InChI=1S/C11H12BrN7/c1-7(10-13-6-18(2)17-10)15-9-3-4-19-11(16-9)8(12)5-14-19/h3-7H,1-2H3,(H,15,16). The maximum Gasteiger partial charge on any atom is 0.172 e. The van der Waals surface area contributed by atoms with Crippen molar-refractivity contribution < 1.29 is 0 Å². The molecule has 0 radical (unpaired) electrons. The molecule has 3 aromatic heterocycles. The minimum atomic E-state index is -0.0159. The van der Waals surface area contributed by atoms with Crippen molar-refractivity contribution in [3.8, 4) is 0 Å². The summed E-state index contributed by atoms with van der Waals surface area (Å²) >= 11 is 3.41. The molecule has 3 heterocycles. The van der Waals surface area contributed by atoms with Gasteiger partial charge in [0.2, 0.25) is 0 Å². The molecule has 0 aromatic carbocycles. The zero-order valence-electron chi connectivity index (χ0n) is 10.4.